The van der Waals surface area contributed by atoms with E-state index in [1.54, 1.807) is 5.51 Å². The summed E-state index contributed by atoms with van der Waals surface area (Å²) in [4.78, 5) is 0. The van der Waals surface area contributed by atoms with Gasteiger partial charge in [-0.25, -0.2) is 5.01 Å². The van der Waals surface area contributed by atoms with Gasteiger partial charge in [-0.3, -0.25) is 0 Å². The molecule has 0 spiro atoms. The van der Waals surface area contributed by atoms with Crippen LogP contribution in [0, 0.1) is 0 Å². The molecule has 0 saturated carbocycles. The van der Waals surface area contributed by atoms with Gasteiger partial charge in [0, 0.05) is 16.8 Å². The third kappa shape index (κ3) is 2.78. The van der Waals surface area contributed by atoms with E-state index in [2.05, 4.69) is 23.2 Å². The Morgan fingerprint density at radius 3 is 2.67 bits per heavy atom. The van der Waals surface area contributed by atoms with Crippen LogP contribution < -0.4 is 20.2 Å². The van der Waals surface area contributed by atoms with Crippen molar-refractivity contribution in [3.8, 4) is 11.5 Å². The molecule has 3 aromatic rings. The zero-order valence-corrected chi connectivity index (χ0v) is 15.4. The lowest BCUT2D eigenvalue weighted by Gasteiger charge is -2.21. The van der Waals surface area contributed by atoms with E-state index in [-0.39, 0.29) is 12.8 Å². The molecule has 7 nitrogen and oxygen atoms in total. The smallest absolute Gasteiger partial charge is 0.231 e. The second-order valence-electron chi connectivity index (χ2n) is 6.55. The second kappa shape index (κ2) is 6.24. The van der Waals surface area contributed by atoms with Crippen LogP contribution in [0.25, 0.3) is 0 Å². The number of benzene rings is 2. The summed E-state index contributed by atoms with van der Waals surface area (Å²) in [5, 5.41) is 15.9. The molecule has 0 saturated heterocycles. The minimum Gasteiger partial charge on any atom is -0.454 e. The Morgan fingerprint density at radius 2 is 1.93 bits per heavy atom. The van der Waals surface area contributed by atoms with Crippen LogP contribution in [0.15, 0.2) is 47.0 Å². The number of anilines is 2. The molecule has 2 aliphatic rings. The van der Waals surface area contributed by atoms with E-state index in [1.165, 1.54) is 11.3 Å². The van der Waals surface area contributed by atoms with E-state index >= 15 is 0 Å². The Bertz CT molecular complexity index is 1020. The van der Waals surface area contributed by atoms with Crippen molar-refractivity contribution in [1.29, 1.82) is 0 Å². The summed E-state index contributed by atoms with van der Waals surface area (Å²) in [5.41, 5.74) is 12.3. The first kappa shape index (κ1) is 16.1. The van der Waals surface area contributed by atoms with E-state index in [0.717, 1.165) is 45.5 Å². The summed E-state index contributed by atoms with van der Waals surface area (Å²) in [7, 11) is 0. The van der Waals surface area contributed by atoms with Crippen molar-refractivity contribution < 1.29 is 9.47 Å². The number of ether oxygens (including phenoxy) is 2. The number of aromatic nitrogens is 2. The lowest BCUT2D eigenvalue weighted by Crippen LogP contribution is -2.29. The summed E-state index contributed by atoms with van der Waals surface area (Å²) < 4.78 is 11.2. The first-order chi connectivity index (χ1) is 13.2. The molecule has 0 bridgehead atoms. The average molecular weight is 379 g/mol. The number of nitrogens with two attached hydrogens (primary N) is 1. The predicted octanol–water partition coefficient (Wildman–Crippen LogP) is 3.05. The van der Waals surface area contributed by atoms with Crippen LogP contribution in [0.5, 0.6) is 11.5 Å². The molecule has 2 aromatic carbocycles. The Balaban J connectivity index is 1.71. The molecule has 1 atom stereocenters. The average Bonchev–Trinajstić information content (AvgIpc) is 3.32. The summed E-state index contributed by atoms with van der Waals surface area (Å²) in [6.07, 6.45) is 0.799. The van der Waals surface area contributed by atoms with Crippen molar-refractivity contribution in [3.63, 3.8) is 0 Å². The molecular weight excluding hydrogens is 362 g/mol. The number of nitrogens with zero attached hydrogens (tertiary/aromatic N) is 4. The van der Waals surface area contributed by atoms with Gasteiger partial charge < -0.3 is 15.2 Å². The van der Waals surface area contributed by atoms with Crippen LogP contribution in [0.4, 0.5) is 10.8 Å². The van der Waals surface area contributed by atoms with Gasteiger partial charge in [-0.2, -0.15) is 5.10 Å². The van der Waals surface area contributed by atoms with Crippen molar-refractivity contribution in [2.45, 2.75) is 19.4 Å². The lowest BCUT2D eigenvalue weighted by atomic mass is 9.94. The maximum Gasteiger partial charge on any atom is 0.231 e. The van der Waals surface area contributed by atoms with Crippen LogP contribution in [0.1, 0.15) is 23.6 Å². The standard InChI is InChI=1S/C19H17N5O2S/c1-11-6-13-7-16-17(26-10-25-16)8-15(13)18(12-2-4-14(20)5-3-12)23-24(11)19-22-21-9-27-19/h2-5,7-9,11H,6,10,20H2,1H3. The van der Waals surface area contributed by atoms with Crippen LogP contribution in [-0.4, -0.2) is 28.7 Å². The highest BCUT2D eigenvalue weighted by atomic mass is 32.1. The molecule has 1 aromatic heterocycles. The van der Waals surface area contributed by atoms with E-state index in [4.69, 9.17) is 20.3 Å². The number of hydrogen-bond acceptors (Lipinski definition) is 8. The zero-order valence-electron chi connectivity index (χ0n) is 14.6. The molecule has 27 heavy (non-hydrogen) atoms. The van der Waals surface area contributed by atoms with Crippen LogP contribution in [-0.2, 0) is 6.42 Å². The first-order valence-corrected chi connectivity index (χ1v) is 9.50. The minimum atomic E-state index is 0.114. The van der Waals surface area contributed by atoms with Crippen LogP contribution >= 0.6 is 11.3 Å². The predicted molar refractivity (Wildman–Crippen MR) is 105 cm³/mol. The molecule has 0 fully saturated rings. The van der Waals surface area contributed by atoms with Gasteiger partial charge in [0.25, 0.3) is 0 Å². The van der Waals surface area contributed by atoms with Gasteiger partial charge in [0.05, 0.1) is 11.8 Å². The highest BCUT2D eigenvalue weighted by molar-refractivity contribution is 7.13. The fraction of sp³-hybridized carbons (Fsp3) is 0.211. The van der Waals surface area contributed by atoms with Crippen LogP contribution in [0.3, 0.4) is 0 Å². The highest BCUT2D eigenvalue weighted by Crippen LogP contribution is 2.38. The summed E-state index contributed by atoms with van der Waals surface area (Å²) in [5.74, 6) is 1.52. The maximum absolute atomic E-state index is 5.88. The Hall–Kier alpha value is -3.13. The van der Waals surface area contributed by atoms with Gasteiger partial charge >= 0.3 is 0 Å². The van der Waals surface area contributed by atoms with Crippen LogP contribution in [0.2, 0.25) is 0 Å². The first-order valence-electron chi connectivity index (χ1n) is 8.62. The van der Waals surface area contributed by atoms with E-state index in [1.807, 2.05) is 35.3 Å². The van der Waals surface area contributed by atoms with Crippen molar-refractivity contribution in [2.75, 3.05) is 17.5 Å². The molecule has 0 aliphatic carbocycles. The highest BCUT2D eigenvalue weighted by Gasteiger charge is 2.28. The Labute approximate surface area is 160 Å². The molecule has 3 heterocycles. The van der Waals surface area contributed by atoms with Gasteiger partial charge in [0.1, 0.15) is 5.51 Å². The Morgan fingerprint density at radius 1 is 1.15 bits per heavy atom. The number of nitrogen functional groups attached to an aromatic ring is 1. The van der Waals surface area contributed by atoms with Crippen molar-refractivity contribution in [2.24, 2.45) is 5.10 Å². The number of hydrazone groups is 1. The normalized spacial score (nSPS) is 18.0. The van der Waals surface area contributed by atoms with E-state index < -0.39 is 0 Å². The van der Waals surface area contributed by atoms with E-state index in [9.17, 15) is 0 Å². The second-order valence-corrected chi connectivity index (χ2v) is 7.36. The Kier molecular flexibility index (Phi) is 3.71. The number of rotatable bonds is 2. The number of hydrogen-bond donors (Lipinski definition) is 1. The van der Waals surface area contributed by atoms with Gasteiger partial charge in [0.15, 0.2) is 11.5 Å². The quantitative estimate of drug-likeness (QED) is 0.689. The zero-order chi connectivity index (χ0) is 18.4. The molecule has 2 N–H and O–H groups in total. The fourth-order valence-electron chi connectivity index (χ4n) is 3.39. The molecule has 8 heteroatoms. The topological polar surface area (TPSA) is 85.9 Å². The van der Waals surface area contributed by atoms with Gasteiger partial charge in [-0.1, -0.05) is 23.5 Å². The number of fused-ring (bicyclic) bond motifs is 2. The molecular formula is C19H17N5O2S. The molecule has 0 radical (unpaired) electrons. The molecule has 1 unspecified atom stereocenters. The van der Waals surface area contributed by atoms with Crippen molar-refractivity contribution in [1.82, 2.24) is 10.2 Å². The SMILES string of the molecule is CC1Cc2cc3c(cc2C(c2ccc(N)cc2)=NN1c1nncs1)OCO3. The van der Waals surface area contributed by atoms with Crippen molar-refractivity contribution >= 4 is 27.9 Å². The molecule has 136 valence electrons. The largest absolute Gasteiger partial charge is 0.454 e. The van der Waals surface area contributed by atoms with Gasteiger partial charge in [-0.05, 0) is 43.2 Å². The monoisotopic (exact) mass is 379 g/mol. The maximum atomic E-state index is 5.88. The molecule has 0 amide bonds. The molecule has 5 rings (SSSR count). The van der Waals surface area contributed by atoms with Gasteiger partial charge in [0.2, 0.25) is 11.9 Å². The molecule has 2 aliphatic heterocycles. The minimum absolute atomic E-state index is 0.114. The lowest BCUT2D eigenvalue weighted by molar-refractivity contribution is 0.174. The fourth-order valence-corrected chi connectivity index (χ4v) is 4.00. The van der Waals surface area contributed by atoms with Gasteiger partial charge in [-0.15, -0.1) is 10.2 Å². The van der Waals surface area contributed by atoms with E-state index in [0.29, 0.717) is 5.69 Å². The summed E-state index contributed by atoms with van der Waals surface area (Å²) >= 11 is 1.47. The van der Waals surface area contributed by atoms with Crippen molar-refractivity contribution in [3.05, 3.63) is 58.6 Å². The summed E-state index contributed by atoms with van der Waals surface area (Å²) in [6, 6.07) is 11.9. The third-order valence-electron chi connectivity index (χ3n) is 4.72. The summed E-state index contributed by atoms with van der Waals surface area (Å²) in [6.45, 7) is 2.38. The third-order valence-corrected chi connectivity index (χ3v) is 5.40.